The highest BCUT2D eigenvalue weighted by Gasteiger charge is 2.31. The van der Waals surface area contributed by atoms with Gasteiger partial charge in [0, 0.05) is 32.1 Å². The molecule has 12 heteroatoms. The van der Waals surface area contributed by atoms with E-state index in [0.717, 1.165) is 24.3 Å². The maximum atomic E-state index is 12.1. The molecule has 0 spiro atoms. The number of rotatable bonds is 6. The van der Waals surface area contributed by atoms with Crippen molar-refractivity contribution in [3.8, 4) is 5.75 Å². The number of benzene rings is 1. The monoisotopic (exact) mass is 417 g/mol. The highest BCUT2D eigenvalue weighted by molar-refractivity contribution is 7.89. The fourth-order valence-electron chi connectivity index (χ4n) is 2.37. The maximum Gasteiger partial charge on any atom is 0.573 e. The number of ether oxygens (including phenoxy) is 1. The first kappa shape index (κ1) is 22.5. The Bertz CT molecular complexity index is 713. The topological polar surface area (TPSA) is 102 Å². The van der Waals surface area contributed by atoms with Crippen molar-refractivity contribution < 1.29 is 31.1 Å². The van der Waals surface area contributed by atoms with Crippen molar-refractivity contribution in [1.29, 1.82) is 0 Å². The van der Waals surface area contributed by atoms with E-state index in [4.69, 9.17) is 5.73 Å². The molecule has 7 nitrogen and oxygen atoms in total. The van der Waals surface area contributed by atoms with Gasteiger partial charge in [-0.2, -0.15) is 0 Å². The highest BCUT2D eigenvalue weighted by atomic mass is 35.5. The van der Waals surface area contributed by atoms with Crippen molar-refractivity contribution in [2.24, 2.45) is 5.73 Å². The molecule has 148 valence electrons. The molecule has 0 radical (unpaired) electrons. The molecule has 26 heavy (non-hydrogen) atoms. The van der Waals surface area contributed by atoms with E-state index in [2.05, 4.69) is 9.46 Å². The van der Waals surface area contributed by atoms with Crippen LogP contribution in [0.15, 0.2) is 29.2 Å². The summed E-state index contributed by atoms with van der Waals surface area (Å²) in [6, 6.07) is 3.73. The molecule has 0 bridgehead atoms. The van der Waals surface area contributed by atoms with E-state index in [0.29, 0.717) is 19.5 Å². The summed E-state index contributed by atoms with van der Waals surface area (Å²) in [5, 5.41) is 0. The fraction of sp³-hybridized carbons (Fsp3) is 0.500. The van der Waals surface area contributed by atoms with Gasteiger partial charge in [0.15, 0.2) is 0 Å². The lowest BCUT2D eigenvalue weighted by Crippen LogP contribution is -2.34. The first-order chi connectivity index (χ1) is 11.6. The van der Waals surface area contributed by atoms with Gasteiger partial charge in [-0.15, -0.1) is 25.6 Å². The molecular formula is C14H19ClF3N3O4S. The minimum atomic E-state index is -4.85. The minimum Gasteiger partial charge on any atom is -0.406 e. The van der Waals surface area contributed by atoms with Gasteiger partial charge in [0.1, 0.15) is 5.75 Å². The van der Waals surface area contributed by atoms with Gasteiger partial charge in [-0.1, -0.05) is 0 Å². The van der Waals surface area contributed by atoms with E-state index in [-0.39, 0.29) is 42.2 Å². The zero-order valence-corrected chi connectivity index (χ0v) is 15.2. The number of nitrogens with two attached hydrogens (primary N) is 1. The number of halogens is 4. The van der Waals surface area contributed by atoms with Crippen molar-refractivity contribution in [3.63, 3.8) is 0 Å². The predicted octanol–water partition coefficient (Wildman–Crippen LogP) is 1.23. The number of nitrogens with zero attached hydrogens (tertiary/aromatic N) is 1. The van der Waals surface area contributed by atoms with E-state index in [1.165, 1.54) is 0 Å². The third-order valence-electron chi connectivity index (χ3n) is 3.58. The van der Waals surface area contributed by atoms with Crippen LogP contribution in [0.4, 0.5) is 13.2 Å². The third-order valence-corrected chi connectivity index (χ3v) is 5.05. The first-order valence-electron chi connectivity index (χ1n) is 7.46. The molecule has 0 aromatic heterocycles. The zero-order valence-electron chi connectivity index (χ0n) is 13.5. The van der Waals surface area contributed by atoms with Crippen molar-refractivity contribution in [2.45, 2.75) is 30.1 Å². The number of alkyl halides is 3. The zero-order chi connectivity index (χ0) is 18.7. The summed E-state index contributed by atoms with van der Waals surface area (Å²) < 4.78 is 66.3. The number of likely N-dealkylation sites (tertiary alicyclic amines) is 1. The number of carbonyl (C=O) groups excluding carboxylic acids is 1. The standard InChI is InChI=1S/C14H18F3N3O4S.ClH/c15-14(16,17)24-11-1-3-12(4-2-11)25(22,23)19-7-5-13(21)20-8-6-10(18)9-20;/h1-4,10,19H,5-9,18H2;1H/t10-;/m1./s1. The van der Waals surface area contributed by atoms with E-state index >= 15 is 0 Å². The summed E-state index contributed by atoms with van der Waals surface area (Å²) in [5.41, 5.74) is 5.70. The molecule has 2 rings (SSSR count). The lowest BCUT2D eigenvalue weighted by molar-refractivity contribution is -0.274. The molecule has 1 fully saturated rings. The first-order valence-corrected chi connectivity index (χ1v) is 8.94. The Hall–Kier alpha value is -1.56. The second-order valence-electron chi connectivity index (χ2n) is 5.56. The van der Waals surface area contributed by atoms with Crippen LogP contribution in [0.1, 0.15) is 12.8 Å². The number of amides is 1. The SMILES string of the molecule is Cl.N[C@@H]1CCN(C(=O)CCNS(=O)(=O)c2ccc(OC(F)(F)F)cc2)C1. The lowest BCUT2D eigenvalue weighted by atomic mass is 10.3. The number of hydrogen-bond donors (Lipinski definition) is 2. The van der Waals surface area contributed by atoms with E-state index in [9.17, 15) is 26.4 Å². The van der Waals surface area contributed by atoms with Crippen LogP contribution >= 0.6 is 12.4 Å². The molecule has 0 unspecified atom stereocenters. The van der Waals surface area contributed by atoms with Gasteiger partial charge in [0.2, 0.25) is 15.9 Å². The van der Waals surface area contributed by atoms with Crippen LogP contribution < -0.4 is 15.2 Å². The summed E-state index contributed by atoms with van der Waals surface area (Å²) in [6.45, 7) is 0.882. The second kappa shape index (κ2) is 8.89. The normalized spacial score (nSPS) is 17.7. The lowest BCUT2D eigenvalue weighted by Gasteiger charge is -2.16. The Morgan fingerprint density at radius 3 is 2.42 bits per heavy atom. The molecular weight excluding hydrogens is 399 g/mol. The van der Waals surface area contributed by atoms with Gasteiger partial charge in [0.05, 0.1) is 4.90 Å². The number of carbonyl (C=O) groups is 1. The van der Waals surface area contributed by atoms with Crippen molar-refractivity contribution in [3.05, 3.63) is 24.3 Å². The Kier molecular flexibility index (Phi) is 7.69. The Balaban J connectivity index is 0.00000338. The van der Waals surface area contributed by atoms with Crippen LogP contribution in [0.2, 0.25) is 0 Å². The van der Waals surface area contributed by atoms with Crippen LogP contribution in [-0.4, -0.2) is 51.3 Å². The highest BCUT2D eigenvalue weighted by Crippen LogP contribution is 2.23. The third kappa shape index (κ3) is 6.63. The summed E-state index contributed by atoms with van der Waals surface area (Å²) in [6.07, 6.45) is -4.16. The van der Waals surface area contributed by atoms with Gasteiger partial charge >= 0.3 is 6.36 Å². The molecule has 0 saturated carbocycles. The largest absolute Gasteiger partial charge is 0.573 e. The van der Waals surface area contributed by atoms with E-state index < -0.39 is 22.1 Å². The molecule has 1 amide bonds. The molecule has 1 aliphatic heterocycles. The van der Waals surface area contributed by atoms with Crippen LogP contribution in [0.25, 0.3) is 0 Å². The molecule has 0 aliphatic carbocycles. The van der Waals surface area contributed by atoms with Crippen LogP contribution in [0, 0.1) is 0 Å². The quantitative estimate of drug-likeness (QED) is 0.725. The van der Waals surface area contributed by atoms with E-state index in [1.54, 1.807) is 4.90 Å². The van der Waals surface area contributed by atoms with Crippen LogP contribution in [0.5, 0.6) is 5.75 Å². The molecule has 3 N–H and O–H groups in total. The molecule has 1 atom stereocenters. The molecule has 1 aromatic carbocycles. The number of nitrogens with one attached hydrogen (secondary N) is 1. The summed E-state index contributed by atoms with van der Waals surface area (Å²) in [5.74, 6) is -0.725. The van der Waals surface area contributed by atoms with E-state index in [1.807, 2.05) is 0 Å². The minimum absolute atomic E-state index is 0. The predicted molar refractivity (Wildman–Crippen MR) is 89.4 cm³/mol. The maximum absolute atomic E-state index is 12.1. The fourth-order valence-corrected chi connectivity index (χ4v) is 3.40. The Morgan fingerprint density at radius 1 is 1.31 bits per heavy atom. The van der Waals surface area contributed by atoms with Crippen LogP contribution in [-0.2, 0) is 14.8 Å². The van der Waals surface area contributed by atoms with Crippen LogP contribution in [0.3, 0.4) is 0 Å². The van der Waals surface area contributed by atoms with Gasteiger partial charge < -0.3 is 15.4 Å². The van der Waals surface area contributed by atoms with Crippen molar-refractivity contribution in [2.75, 3.05) is 19.6 Å². The molecule has 1 heterocycles. The summed E-state index contributed by atoms with van der Waals surface area (Å²) in [4.78, 5) is 13.3. The Morgan fingerprint density at radius 2 is 1.92 bits per heavy atom. The average Bonchev–Trinajstić information content (AvgIpc) is 2.92. The average molecular weight is 418 g/mol. The molecule has 1 aliphatic rings. The van der Waals surface area contributed by atoms with Crippen molar-refractivity contribution in [1.82, 2.24) is 9.62 Å². The van der Waals surface area contributed by atoms with Gasteiger partial charge in [-0.05, 0) is 30.7 Å². The molecule has 1 aromatic rings. The number of sulfonamides is 1. The number of hydrogen-bond acceptors (Lipinski definition) is 5. The Labute approximate surface area is 155 Å². The van der Waals surface area contributed by atoms with Gasteiger partial charge in [-0.25, -0.2) is 13.1 Å². The molecule has 1 saturated heterocycles. The van der Waals surface area contributed by atoms with Gasteiger partial charge in [-0.3, -0.25) is 4.79 Å². The van der Waals surface area contributed by atoms with Crippen molar-refractivity contribution >= 4 is 28.3 Å². The summed E-state index contributed by atoms with van der Waals surface area (Å²) in [7, 11) is -3.93. The van der Waals surface area contributed by atoms with Gasteiger partial charge in [0.25, 0.3) is 0 Å². The smallest absolute Gasteiger partial charge is 0.406 e. The second-order valence-corrected chi connectivity index (χ2v) is 7.32. The summed E-state index contributed by atoms with van der Waals surface area (Å²) >= 11 is 0.